The maximum absolute atomic E-state index is 10.8. The number of aliphatic imine (C=N–C) groups is 1. The van der Waals surface area contributed by atoms with Crippen LogP contribution in [0, 0.1) is 5.41 Å². The molecule has 26 heavy (non-hydrogen) atoms. The Labute approximate surface area is 157 Å². The Hall–Kier alpha value is -1.59. The van der Waals surface area contributed by atoms with E-state index in [-0.39, 0.29) is 5.41 Å². The van der Waals surface area contributed by atoms with Gasteiger partial charge >= 0.3 is 0 Å². The molecule has 2 fully saturated rings. The lowest BCUT2D eigenvalue weighted by Crippen LogP contribution is -2.68. The second-order valence-electron chi connectivity index (χ2n) is 7.80. The van der Waals surface area contributed by atoms with Crippen LogP contribution in [0.25, 0.3) is 0 Å². The second kappa shape index (κ2) is 7.97. The molecular weight excluding hydrogens is 326 g/mol. The largest absolute Gasteiger partial charge is 0.384 e. The number of nitrogens with zero attached hydrogens (tertiary/aromatic N) is 1. The number of rotatable bonds is 7. The lowest BCUT2D eigenvalue weighted by atomic mass is 9.51. The minimum atomic E-state index is -0.981. The molecule has 2 aliphatic carbocycles. The molecule has 3 unspecified atom stereocenters. The molecule has 0 radical (unpaired) electrons. The molecule has 5 nitrogen and oxygen atoms in total. The fourth-order valence-electron chi connectivity index (χ4n) is 4.25. The Bertz CT molecular complexity index is 611. The molecule has 1 aromatic rings. The summed E-state index contributed by atoms with van der Waals surface area (Å²) < 4.78 is 5.94. The molecule has 0 aliphatic heterocycles. The molecule has 1 aromatic carbocycles. The van der Waals surface area contributed by atoms with Crippen molar-refractivity contribution >= 4 is 5.96 Å². The van der Waals surface area contributed by atoms with Crippen LogP contribution in [0.4, 0.5) is 0 Å². The molecular formula is C21H33N3O2. The number of aliphatic hydroxyl groups is 1. The van der Waals surface area contributed by atoms with E-state index in [1.807, 2.05) is 37.3 Å². The smallest absolute Gasteiger partial charge is 0.191 e. The van der Waals surface area contributed by atoms with Crippen molar-refractivity contribution < 1.29 is 9.84 Å². The zero-order chi connectivity index (χ0) is 18.6. The van der Waals surface area contributed by atoms with E-state index in [1.54, 1.807) is 0 Å². The Kier molecular flexibility index (Phi) is 5.88. The Morgan fingerprint density at radius 2 is 2.04 bits per heavy atom. The number of benzene rings is 1. The van der Waals surface area contributed by atoms with Crippen LogP contribution in [0.3, 0.4) is 0 Å². The summed E-state index contributed by atoms with van der Waals surface area (Å²) in [6.45, 7) is 7.86. The third kappa shape index (κ3) is 3.74. The summed E-state index contributed by atoms with van der Waals surface area (Å²) in [6.07, 6.45) is 5.17. The van der Waals surface area contributed by atoms with E-state index in [0.717, 1.165) is 31.1 Å². The van der Waals surface area contributed by atoms with Crippen LogP contribution in [-0.4, -0.2) is 42.9 Å². The van der Waals surface area contributed by atoms with Gasteiger partial charge in [0.1, 0.15) is 5.60 Å². The van der Waals surface area contributed by atoms with Crippen molar-refractivity contribution in [3.8, 4) is 0 Å². The molecule has 0 amide bonds. The van der Waals surface area contributed by atoms with Crippen LogP contribution in [-0.2, 0) is 10.3 Å². The molecule has 0 aromatic heterocycles. The summed E-state index contributed by atoms with van der Waals surface area (Å²) in [6, 6.07) is 10.1. The van der Waals surface area contributed by atoms with Gasteiger partial charge in [-0.1, -0.05) is 36.8 Å². The van der Waals surface area contributed by atoms with Crippen molar-refractivity contribution in [2.24, 2.45) is 10.4 Å². The minimum Gasteiger partial charge on any atom is -0.384 e. The molecule has 1 spiro atoms. The van der Waals surface area contributed by atoms with Crippen molar-refractivity contribution in [2.45, 2.75) is 64.2 Å². The highest BCUT2D eigenvalue weighted by molar-refractivity contribution is 5.80. The summed E-state index contributed by atoms with van der Waals surface area (Å²) in [5.41, 5.74) is 0.189. The molecule has 3 N–H and O–H groups in total. The second-order valence-corrected chi connectivity index (χ2v) is 7.80. The van der Waals surface area contributed by atoms with Gasteiger partial charge in [0.2, 0.25) is 0 Å². The fourth-order valence-corrected chi connectivity index (χ4v) is 4.25. The quantitative estimate of drug-likeness (QED) is 0.517. The first-order valence-electron chi connectivity index (χ1n) is 9.96. The van der Waals surface area contributed by atoms with E-state index in [4.69, 9.17) is 4.74 Å². The molecule has 0 saturated heterocycles. The van der Waals surface area contributed by atoms with Gasteiger partial charge in [0.05, 0.1) is 12.6 Å². The van der Waals surface area contributed by atoms with Crippen molar-refractivity contribution in [3.05, 3.63) is 35.9 Å². The normalized spacial score (nSPS) is 26.5. The van der Waals surface area contributed by atoms with Crippen LogP contribution in [0.1, 0.15) is 52.0 Å². The number of ether oxygens (including phenoxy) is 1. The highest BCUT2D eigenvalue weighted by atomic mass is 16.5. The van der Waals surface area contributed by atoms with Gasteiger partial charge in [-0.2, -0.15) is 0 Å². The van der Waals surface area contributed by atoms with Gasteiger partial charge in [0.25, 0.3) is 0 Å². The van der Waals surface area contributed by atoms with E-state index in [2.05, 4.69) is 29.5 Å². The molecule has 2 saturated carbocycles. The number of hydrogen-bond acceptors (Lipinski definition) is 3. The van der Waals surface area contributed by atoms with Gasteiger partial charge in [-0.15, -0.1) is 0 Å². The van der Waals surface area contributed by atoms with E-state index < -0.39 is 5.60 Å². The van der Waals surface area contributed by atoms with E-state index in [1.165, 1.54) is 19.3 Å². The van der Waals surface area contributed by atoms with Gasteiger partial charge in [-0.3, -0.25) is 0 Å². The monoisotopic (exact) mass is 359 g/mol. The molecule has 3 atom stereocenters. The third-order valence-corrected chi connectivity index (χ3v) is 6.03. The zero-order valence-corrected chi connectivity index (χ0v) is 16.3. The summed E-state index contributed by atoms with van der Waals surface area (Å²) in [4.78, 5) is 4.68. The number of nitrogens with one attached hydrogen (secondary N) is 2. The van der Waals surface area contributed by atoms with Gasteiger partial charge in [-0.05, 0) is 45.6 Å². The molecule has 5 heteroatoms. The van der Waals surface area contributed by atoms with Crippen LogP contribution in [0.5, 0.6) is 0 Å². The highest BCUT2D eigenvalue weighted by Gasteiger charge is 2.59. The van der Waals surface area contributed by atoms with Gasteiger partial charge in [-0.25, -0.2) is 4.99 Å². The Morgan fingerprint density at radius 1 is 1.31 bits per heavy atom. The average molecular weight is 360 g/mol. The first kappa shape index (κ1) is 19.2. The van der Waals surface area contributed by atoms with Crippen molar-refractivity contribution in [1.82, 2.24) is 10.6 Å². The molecule has 3 rings (SSSR count). The number of guanidine groups is 1. The summed E-state index contributed by atoms with van der Waals surface area (Å²) >= 11 is 0. The maximum atomic E-state index is 10.8. The topological polar surface area (TPSA) is 65.9 Å². The maximum Gasteiger partial charge on any atom is 0.191 e. The Morgan fingerprint density at radius 3 is 2.62 bits per heavy atom. The SMILES string of the molecule is CCNC(=NCC(C)(O)c1ccccc1)NC1CC(OCC)C12CCC2. The van der Waals surface area contributed by atoms with Gasteiger partial charge in [0.15, 0.2) is 5.96 Å². The van der Waals surface area contributed by atoms with E-state index in [9.17, 15) is 5.11 Å². The molecule has 144 valence electrons. The first-order chi connectivity index (χ1) is 12.5. The predicted octanol–water partition coefficient (Wildman–Crippen LogP) is 2.80. The summed E-state index contributed by atoms with van der Waals surface area (Å²) in [7, 11) is 0. The van der Waals surface area contributed by atoms with Gasteiger partial charge in [0, 0.05) is 24.6 Å². The van der Waals surface area contributed by atoms with E-state index in [0.29, 0.717) is 18.7 Å². The third-order valence-electron chi connectivity index (χ3n) is 6.03. The highest BCUT2D eigenvalue weighted by Crippen LogP contribution is 2.57. The zero-order valence-electron chi connectivity index (χ0n) is 16.3. The van der Waals surface area contributed by atoms with Crippen LogP contribution in [0.15, 0.2) is 35.3 Å². The summed E-state index contributed by atoms with van der Waals surface area (Å²) in [5, 5.41) is 17.7. The minimum absolute atomic E-state index is 0.286. The van der Waals surface area contributed by atoms with Crippen LogP contribution >= 0.6 is 0 Å². The average Bonchev–Trinajstić information content (AvgIpc) is 2.58. The standard InChI is InChI=1S/C21H33N3O2/c1-4-22-19(23-15-20(3,25)16-10-7-6-8-11-16)24-17-14-18(26-5-2)21(17)12-9-13-21/h6-8,10-11,17-18,25H,4-5,9,12-15H2,1-3H3,(H2,22,23,24). The van der Waals surface area contributed by atoms with E-state index >= 15 is 0 Å². The van der Waals surface area contributed by atoms with Crippen LogP contribution in [0.2, 0.25) is 0 Å². The first-order valence-corrected chi connectivity index (χ1v) is 9.96. The van der Waals surface area contributed by atoms with Crippen molar-refractivity contribution in [1.29, 1.82) is 0 Å². The lowest BCUT2D eigenvalue weighted by molar-refractivity contribution is -0.168. The van der Waals surface area contributed by atoms with Crippen molar-refractivity contribution in [3.63, 3.8) is 0 Å². The van der Waals surface area contributed by atoms with Crippen LogP contribution < -0.4 is 10.6 Å². The molecule has 0 heterocycles. The fraction of sp³-hybridized carbons (Fsp3) is 0.667. The molecule has 0 bridgehead atoms. The van der Waals surface area contributed by atoms with Crippen molar-refractivity contribution in [2.75, 3.05) is 19.7 Å². The number of hydrogen-bond donors (Lipinski definition) is 3. The predicted molar refractivity (Wildman–Crippen MR) is 105 cm³/mol. The van der Waals surface area contributed by atoms with Gasteiger partial charge < -0.3 is 20.5 Å². The molecule has 2 aliphatic rings. The summed E-state index contributed by atoms with van der Waals surface area (Å²) in [5.74, 6) is 0.787. The lowest BCUT2D eigenvalue weighted by Gasteiger charge is -2.61. The Balaban J connectivity index is 1.65.